The second-order valence-electron chi connectivity index (χ2n) is 7.77. The van der Waals surface area contributed by atoms with Crippen LogP contribution in [0.5, 0.6) is 5.75 Å². The lowest BCUT2D eigenvalue weighted by molar-refractivity contribution is 0.0945. The Labute approximate surface area is 202 Å². The van der Waals surface area contributed by atoms with E-state index in [0.717, 1.165) is 24.9 Å². The average Bonchev–Trinajstić information content (AvgIpc) is 3.35. The van der Waals surface area contributed by atoms with Gasteiger partial charge in [0.1, 0.15) is 17.4 Å². The first-order valence-electron chi connectivity index (χ1n) is 10.9. The van der Waals surface area contributed by atoms with Crippen molar-refractivity contribution in [1.29, 1.82) is 0 Å². The molecule has 178 valence electrons. The van der Waals surface area contributed by atoms with E-state index in [9.17, 15) is 9.90 Å². The number of benzene rings is 1. The molecule has 10 nitrogen and oxygen atoms in total. The largest absolute Gasteiger partial charge is 0.495 e. The minimum absolute atomic E-state index is 0.0162. The number of carbonyl (C=O) groups is 1. The SMILES string of the molecule is COc1ccc(CNc2nc(N3CCC[C@H]3CO)cnc2C(=O)NCc2ncccn2)cc1Cl. The number of carbonyl (C=O) groups excluding carboxylic acids is 1. The van der Waals surface area contributed by atoms with Crippen molar-refractivity contribution in [3.63, 3.8) is 0 Å². The molecule has 3 N–H and O–H groups in total. The van der Waals surface area contributed by atoms with Crippen LogP contribution in [0.25, 0.3) is 0 Å². The third-order valence-electron chi connectivity index (χ3n) is 5.56. The number of hydrogen-bond donors (Lipinski definition) is 3. The molecule has 0 unspecified atom stereocenters. The first-order chi connectivity index (χ1) is 16.6. The van der Waals surface area contributed by atoms with Gasteiger partial charge in [-0.15, -0.1) is 0 Å². The quantitative estimate of drug-likeness (QED) is 0.420. The van der Waals surface area contributed by atoms with E-state index < -0.39 is 5.91 Å². The van der Waals surface area contributed by atoms with Crippen molar-refractivity contribution in [2.75, 3.05) is 30.5 Å². The highest BCUT2D eigenvalue weighted by Crippen LogP contribution is 2.27. The van der Waals surface area contributed by atoms with Crippen molar-refractivity contribution in [1.82, 2.24) is 25.3 Å². The van der Waals surface area contributed by atoms with Gasteiger partial charge in [0.25, 0.3) is 5.91 Å². The van der Waals surface area contributed by atoms with Crippen molar-refractivity contribution < 1.29 is 14.6 Å². The summed E-state index contributed by atoms with van der Waals surface area (Å²) in [6, 6.07) is 7.15. The van der Waals surface area contributed by atoms with E-state index in [-0.39, 0.29) is 24.9 Å². The molecule has 1 aromatic carbocycles. The maximum atomic E-state index is 12.9. The van der Waals surface area contributed by atoms with Gasteiger partial charge in [-0.3, -0.25) is 4.79 Å². The smallest absolute Gasteiger partial charge is 0.274 e. The lowest BCUT2D eigenvalue weighted by atomic mass is 10.2. The van der Waals surface area contributed by atoms with Gasteiger partial charge in [0.15, 0.2) is 11.5 Å². The van der Waals surface area contributed by atoms with Gasteiger partial charge in [0.2, 0.25) is 0 Å². The van der Waals surface area contributed by atoms with E-state index in [1.807, 2.05) is 11.0 Å². The minimum Gasteiger partial charge on any atom is -0.495 e. The molecule has 1 atom stereocenters. The number of methoxy groups -OCH3 is 1. The number of aliphatic hydroxyl groups excluding tert-OH is 1. The number of ether oxygens (including phenoxy) is 1. The molecular weight excluding hydrogens is 458 g/mol. The summed E-state index contributed by atoms with van der Waals surface area (Å²) in [5, 5.41) is 16.2. The van der Waals surface area contributed by atoms with Crippen molar-refractivity contribution in [3.8, 4) is 5.75 Å². The maximum absolute atomic E-state index is 12.9. The highest BCUT2D eigenvalue weighted by atomic mass is 35.5. The van der Waals surface area contributed by atoms with Crippen LogP contribution in [0.4, 0.5) is 11.6 Å². The monoisotopic (exact) mass is 483 g/mol. The lowest BCUT2D eigenvalue weighted by Gasteiger charge is -2.24. The predicted molar refractivity (Wildman–Crippen MR) is 128 cm³/mol. The van der Waals surface area contributed by atoms with Gasteiger partial charge >= 0.3 is 0 Å². The minimum atomic E-state index is -0.401. The highest BCUT2D eigenvalue weighted by molar-refractivity contribution is 6.32. The number of rotatable bonds is 9. The molecule has 0 bridgehead atoms. The summed E-state index contributed by atoms with van der Waals surface area (Å²) in [6.07, 6.45) is 6.63. The first-order valence-corrected chi connectivity index (χ1v) is 11.3. The third-order valence-corrected chi connectivity index (χ3v) is 5.85. The van der Waals surface area contributed by atoms with Gasteiger partial charge in [-0.05, 0) is 36.6 Å². The van der Waals surface area contributed by atoms with Crippen LogP contribution < -0.4 is 20.3 Å². The van der Waals surface area contributed by atoms with E-state index in [1.54, 1.807) is 43.9 Å². The standard InChI is InChI=1S/C23H26ClN7O3/c1-34-18-6-5-15(10-17(18)24)11-28-22-21(23(33)29-12-19-25-7-3-8-26-19)27-13-20(30-22)31-9-2-4-16(31)14-32/h3,5-8,10,13,16,32H,2,4,9,11-12,14H2,1H3,(H,28,30)(H,29,33)/t16-/m0/s1. The molecule has 11 heteroatoms. The molecule has 1 aliphatic rings. The van der Waals surface area contributed by atoms with Crippen LogP contribution in [0.15, 0.2) is 42.9 Å². The topological polar surface area (TPSA) is 125 Å². The number of nitrogens with zero attached hydrogens (tertiary/aromatic N) is 5. The molecule has 0 radical (unpaired) electrons. The average molecular weight is 484 g/mol. The fraction of sp³-hybridized carbons (Fsp3) is 0.348. The molecule has 34 heavy (non-hydrogen) atoms. The Hall–Kier alpha value is -3.50. The molecule has 0 spiro atoms. The van der Waals surface area contributed by atoms with Crippen LogP contribution in [-0.4, -0.2) is 57.3 Å². The van der Waals surface area contributed by atoms with E-state index in [4.69, 9.17) is 21.3 Å². The highest BCUT2D eigenvalue weighted by Gasteiger charge is 2.26. The Morgan fingerprint density at radius 3 is 2.82 bits per heavy atom. The van der Waals surface area contributed by atoms with Gasteiger partial charge in [0, 0.05) is 25.5 Å². The zero-order valence-corrected chi connectivity index (χ0v) is 19.5. The molecule has 0 aliphatic carbocycles. The Bertz CT molecular complexity index is 1130. The summed E-state index contributed by atoms with van der Waals surface area (Å²) in [4.78, 5) is 32.3. The number of aliphatic hydroxyl groups is 1. The predicted octanol–water partition coefficient (Wildman–Crippen LogP) is 2.43. The second-order valence-corrected chi connectivity index (χ2v) is 8.17. The Balaban J connectivity index is 1.56. The van der Waals surface area contributed by atoms with Crippen LogP contribution in [0.1, 0.15) is 34.7 Å². The van der Waals surface area contributed by atoms with E-state index in [2.05, 4.69) is 25.6 Å². The van der Waals surface area contributed by atoms with Gasteiger partial charge in [0.05, 0.1) is 37.5 Å². The lowest BCUT2D eigenvalue weighted by Crippen LogP contribution is -2.33. The van der Waals surface area contributed by atoms with Gasteiger partial charge < -0.3 is 25.4 Å². The molecule has 2 aromatic heterocycles. The molecular formula is C23H26ClN7O3. The number of amides is 1. The molecule has 1 fully saturated rings. The van der Waals surface area contributed by atoms with Crippen LogP contribution in [0.2, 0.25) is 5.02 Å². The number of anilines is 2. The van der Waals surface area contributed by atoms with Gasteiger partial charge in [-0.2, -0.15) is 0 Å². The van der Waals surface area contributed by atoms with Gasteiger partial charge in [-0.1, -0.05) is 17.7 Å². The summed E-state index contributed by atoms with van der Waals surface area (Å²) < 4.78 is 5.21. The Kier molecular flexibility index (Phi) is 7.71. The van der Waals surface area contributed by atoms with Crippen molar-refractivity contribution in [2.24, 2.45) is 0 Å². The molecule has 1 saturated heterocycles. The van der Waals surface area contributed by atoms with Crippen LogP contribution in [-0.2, 0) is 13.1 Å². The Morgan fingerprint density at radius 2 is 2.09 bits per heavy atom. The molecule has 3 heterocycles. The van der Waals surface area contributed by atoms with E-state index in [1.165, 1.54) is 0 Å². The summed E-state index contributed by atoms with van der Waals surface area (Å²) in [7, 11) is 1.56. The molecule has 1 aliphatic heterocycles. The van der Waals surface area contributed by atoms with Crippen molar-refractivity contribution in [2.45, 2.75) is 32.0 Å². The number of hydrogen-bond acceptors (Lipinski definition) is 9. The van der Waals surface area contributed by atoms with E-state index >= 15 is 0 Å². The molecule has 3 aromatic rings. The van der Waals surface area contributed by atoms with Crippen molar-refractivity contribution in [3.05, 3.63) is 65.0 Å². The zero-order valence-electron chi connectivity index (χ0n) is 18.7. The number of halogens is 1. The summed E-state index contributed by atoms with van der Waals surface area (Å²) in [5.74, 6) is 1.61. The summed E-state index contributed by atoms with van der Waals surface area (Å²) in [6.45, 7) is 1.33. The van der Waals surface area contributed by atoms with Crippen molar-refractivity contribution >= 4 is 29.1 Å². The fourth-order valence-electron chi connectivity index (χ4n) is 3.80. The third kappa shape index (κ3) is 5.52. The van der Waals surface area contributed by atoms with Crippen LogP contribution in [0.3, 0.4) is 0 Å². The normalized spacial score (nSPS) is 15.3. The molecule has 4 rings (SSSR count). The van der Waals surface area contributed by atoms with Crippen LogP contribution >= 0.6 is 11.6 Å². The second kappa shape index (κ2) is 11.1. The number of nitrogens with one attached hydrogen (secondary N) is 2. The molecule has 0 saturated carbocycles. The van der Waals surface area contributed by atoms with Gasteiger partial charge in [-0.25, -0.2) is 19.9 Å². The maximum Gasteiger partial charge on any atom is 0.274 e. The summed E-state index contributed by atoms with van der Waals surface area (Å²) >= 11 is 6.25. The fourth-order valence-corrected chi connectivity index (χ4v) is 4.08. The molecule has 1 amide bonds. The van der Waals surface area contributed by atoms with E-state index in [0.29, 0.717) is 34.8 Å². The van der Waals surface area contributed by atoms with Crippen LogP contribution in [0, 0.1) is 0 Å². The Morgan fingerprint density at radius 1 is 1.26 bits per heavy atom. The summed E-state index contributed by atoms with van der Waals surface area (Å²) in [5.41, 5.74) is 1.04. The zero-order chi connectivity index (χ0) is 23.9. The first kappa shape index (κ1) is 23.7. The number of aromatic nitrogens is 4.